The van der Waals surface area contributed by atoms with Crippen molar-refractivity contribution in [2.24, 2.45) is 0 Å². The molecule has 128 valence electrons. The number of hydrogen-bond acceptors (Lipinski definition) is 4. The predicted octanol–water partition coefficient (Wildman–Crippen LogP) is 2.85. The van der Waals surface area contributed by atoms with Gasteiger partial charge in [-0.05, 0) is 49.2 Å². The van der Waals surface area contributed by atoms with Crippen molar-refractivity contribution >= 4 is 21.6 Å². The van der Waals surface area contributed by atoms with Gasteiger partial charge in [-0.3, -0.25) is 4.79 Å². The molecule has 1 aromatic heterocycles. The maximum absolute atomic E-state index is 12.9. The molecule has 0 aliphatic carbocycles. The second-order valence-electron chi connectivity index (χ2n) is 5.54. The Labute approximate surface area is 139 Å². The van der Waals surface area contributed by atoms with Crippen LogP contribution >= 0.6 is 0 Å². The molecule has 0 unspecified atom stereocenters. The number of anilines is 1. The van der Waals surface area contributed by atoms with E-state index in [2.05, 4.69) is 5.32 Å². The van der Waals surface area contributed by atoms with E-state index in [-0.39, 0.29) is 10.9 Å². The van der Waals surface area contributed by atoms with E-state index in [0.29, 0.717) is 18.8 Å². The Kier molecular flexibility index (Phi) is 4.68. The van der Waals surface area contributed by atoms with Gasteiger partial charge in [-0.2, -0.15) is 4.31 Å². The van der Waals surface area contributed by atoms with Crippen LogP contribution in [-0.4, -0.2) is 31.7 Å². The van der Waals surface area contributed by atoms with Gasteiger partial charge in [-0.1, -0.05) is 6.42 Å². The standard InChI is InChI=1S/C16H17FN2O4S/c17-12-4-6-13(7-5-12)18-16(20)14-8-9-15(23-14)24(21,22)19-10-2-1-3-11-19/h4-9H,1-3,10-11H2,(H,18,20). The van der Waals surface area contributed by atoms with Gasteiger partial charge < -0.3 is 9.73 Å². The highest BCUT2D eigenvalue weighted by Gasteiger charge is 2.29. The van der Waals surface area contributed by atoms with Crippen LogP contribution in [0.15, 0.2) is 45.9 Å². The molecule has 8 heteroatoms. The van der Waals surface area contributed by atoms with Crippen molar-refractivity contribution in [2.45, 2.75) is 24.4 Å². The Morgan fingerprint density at radius 2 is 1.71 bits per heavy atom. The molecule has 0 bridgehead atoms. The molecule has 3 rings (SSSR count). The molecule has 1 fully saturated rings. The minimum absolute atomic E-state index is 0.116. The Bertz CT molecular complexity index is 824. The van der Waals surface area contributed by atoms with Crippen molar-refractivity contribution in [1.29, 1.82) is 0 Å². The van der Waals surface area contributed by atoms with Gasteiger partial charge in [-0.25, -0.2) is 12.8 Å². The van der Waals surface area contributed by atoms with Gasteiger partial charge in [0.2, 0.25) is 5.09 Å². The summed E-state index contributed by atoms with van der Waals surface area (Å²) in [6.07, 6.45) is 2.64. The molecule has 1 N–H and O–H groups in total. The lowest BCUT2D eigenvalue weighted by Gasteiger charge is -2.24. The number of piperidine rings is 1. The lowest BCUT2D eigenvalue weighted by atomic mass is 10.2. The third kappa shape index (κ3) is 3.49. The zero-order valence-electron chi connectivity index (χ0n) is 12.9. The molecular weight excluding hydrogens is 335 g/mol. The summed E-state index contributed by atoms with van der Waals surface area (Å²) >= 11 is 0. The largest absolute Gasteiger partial charge is 0.438 e. The molecule has 2 aromatic rings. The number of rotatable bonds is 4. The zero-order valence-corrected chi connectivity index (χ0v) is 13.7. The van der Waals surface area contributed by atoms with Crippen molar-refractivity contribution < 1.29 is 22.0 Å². The number of carbonyl (C=O) groups excluding carboxylic acids is 1. The van der Waals surface area contributed by atoms with Crippen molar-refractivity contribution in [2.75, 3.05) is 18.4 Å². The highest BCUT2D eigenvalue weighted by molar-refractivity contribution is 7.89. The van der Waals surface area contributed by atoms with Crippen LogP contribution in [0, 0.1) is 5.82 Å². The van der Waals surface area contributed by atoms with Crippen LogP contribution < -0.4 is 5.32 Å². The smallest absolute Gasteiger partial charge is 0.291 e. The first-order chi connectivity index (χ1) is 11.5. The minimum atomic E-state index is -3.72. The second kappa shape index (κ2) is 6.74. The summed E-state index contributed by atoms with van der Waals surface area (Å²) in [5.74, 6) is -1.13. The lowest BCUT2D eigenvalue weighted by molar-refractivity contribution is 0.0991. The van der Waals surface area contributed by atoms with E-state index in [0.717, 1.165) is 19.3 Å². The number of furan rings is 1. The van der Waals surface area contributed by atoms with Gasteiger partial charge in [0.25, 0.3) is 15.9 Å². The summed E-state index contributed by atoms with van der Waals surface area (Å²) in [7, 11) is -3.72. The van der Waals surface area contributed by atoms with E-state index in [1.54, 1.807) is 0 Å². The fourth-order valence-electron chi connectivity index (χ4n) is 2.54. The molecule has 2 heterocycles. The molecule has 0 saturated carbocycles. The molecule has 1 saturated heterocycles. The third-order valence-electron chi connectivity index (χ3n) is 3.82. The van der Waals surface area contributed by atoms with E-state index in [9.17, 15) is 17.6 Å². The average Bonchev–Trinajstić information content (AvgIpc) is 3.09. The first-order valence-electron chi connectivity index (χ1n) is 7.64. The van der Waals surface area contributed by atoms with Crippen LogP contribution in [0.2, 0.25) is 0 Å². The summed E-state index contributed by atoms with van der Waals surface area (Å²) in [5, 5.41) is 2.28. The Morgan fingerprint density at radius 3 is 2.38 bits per heavy atom. The zero-order chi connectivity index (χ0) is 17.2. The highest BCUT2D eigenvalue weighted by Crippen LogP contribution is 2.23. The van der Waals surface area contributed by atoms with Crippen molar-refractivity contribution in [3.05, 3.63) is 48.0 Å². The first kappa shape index (κ1) is 16.7. The Balaban J connectivity index is 1.74. The maximum atomic E-state index is 12.9. The Hall–Kier alpha value is -2.19. The van der Waals surface area contributed by atoms with E-state index in [4.69, 9.17) is 4.42 Å². The van der Waals surface area contributed by atoms with Gasteiger partial charge in [0, 0.05) is 18.8 Å². The van der Waals surface area contributed by atoms with Gasteiger partial charge in [0.15, 0.2) is 5.76 Å². The molecule has 0 spiro atoms. The van der Waals surface area contributed by atoms with Gasteiger partial charge in [0.1, 0.15) is 5.82 Å². The first-order valence-corrected chi connectivity index (χ1v) is 9.08. The SMILES string of the molecule is O=C(Nc1ccc(F)cc1)c1ccc(S(=O)(=O)N2CCCCC2)o1. The number of halogens is 1. The van der Waals surface area contributed by atoms with Gasteiger partial charge in [-0.15, -0.1) is 0 Å². The lowest BCUT2D eigenvalue weighted by Crippen LogP contribution is -2.35. The molecule has 1 aliphatic heterocycles. The van der Waals surface area contributed by atoms with E-state index >= 15 is 0 Å². The molecule has 0 radical (unpaired) electrons. The number of sulfonamides is 1. The summed E-state index contributed by atoms with van der Waals surface area (Å²) in [4.78, 5) is 12.1. The molecule has 24 heavy (non-hydrogen) atoms. The number of benzene rings is 1. The van der Waals surface area contributed by atoms with Gasteiger partial charge >= 0.3 is 0 Å². The quantitative estimate of drug-likeness (QED) is 0.918. The van der Waals surface area contributed by atoms with Crippen LogP contribution in [0.4, 0.5) is 10.1 Å². The van der Waals surface area contributed by atoms with Crippen molar-refractivity contribution in [3.8, 4) is 0 Å². The highest BCUT2D eigenvalue weighted by atomic mass is 32.2. The fraction of sp³-hybridized carbons (Fsp3) is 0.312. The third-order valence-corrected chi connectivity index (χ3v) is 5.59. The summed E-state index contributed by atoms with van der Waals surface area (Å²) in [6.45, 7) is 0.917. The molecular formula is C16H17FN2O4S. The normalized spacial score (nSPS) is 16.0. The van der Waals surface area contributed by atoms with Crippen LogP contribution in [-0.2, 0) is 10.0 Å². The molecule has 6 nitrogen and oxygen atoms in total. The van der Waals surface area contributed by atoms with Crippen LogP contribution in [0.25, 0.3) is 0 Å². The number of carbonyl (C=O) groups is 1. The molecule has 1 amide bonds. The monoisotopic (exact) mass is 352 g/mol. The van der Waals surface area contributed by atoms with Gasteiger partial charge in [0.05, 0.1) is 0 Å². The average molecular weight is 352 g/mol. The Morgan fingerprint density at radius 1 is 1.04 bits per heavy atom. The minimum Gasteiger partial charge on any atom is -0.438 e. The van der Waals surface area contributed by atoms with Crippen molar-refractivity contribution in [3.63, 3.8) is 0 Å². The van der Waals surface area contributed by atoms with Crippen LogP contribution in [0.5, 0.6) is 0 Å². The molecule has 0 atom stereocenters. The molecule has 1 aliphatic rings. The van der Waals surface area contributed by atoms with Crippen LogP contribution in [0.1, 0.15) is 29.8 Å². The number of nitrogens with one attached hydrogen (secondary N) is 1. The summed E-state index contributed by atoms with van der Waals surface area (Å²) in [6, 6.07) is 7.83. The fourth-order valence-corrected chi connectivity index (χ4v) is 3.97. The number of amides is 1. The topological polar surface area (TPSA) is 79.6 Å². The van der Waals surface area contributed by atoms with Crippen molar-refractivity contribution in [1.82, 2.24) is 4.31 Å². The summed E-state index contributed by atoms with van der Waals surface area (Å²) < 4.78 is 44.4. The van der Waals surface area contributed by atoms with E-state index in [1.807, 2.05) is 0 Å². The number of hydrogen-bond donors (Lipinski definition) is 1. The van der Waals surface area contributed by atoms with Crippen LogP contribution in [0.3, 0.4) is 0 Å². The van der Waals surface area contributed by atoms with E-state index in [1.165, 1.54) is 40.7 Å². The van der Waals surface area contributed by atoms with E-state index < -0.39 is 21.7 Å². The number of nitrogens with zero attached hydrogens (tertiary/aromatic N) is 1. The maximum Gasteiger partial charge on any atom is 0.291 e. The molecule has 1 aromatic carbocycles. The second-order valence-corrected chi connectivity index (χ2v) is 7.41. The predicted molar refractivity (Wildman–Crippen MR) is 85.7 cm³/mol. The summed E-state index contributed by atoms with van der Waals surface area (Å²) in [5.41, 5.74) is 0.387.